The van der Waals surface area contributed by atoms with Gasteiger partial charge in [0.1, 0.15) is 0 Å². The number of benzene rings is 2. The zero-order chi connectivity index (χ0) is 17.5. The van der Waals surface area contributed by atoms with Crippen LogP contribution in [-0.4, -0.2) is 22.7 Å². The van der Waals surface area contributed by atoms with Gasteiger partial charge in [-0.25, -0.2) is 0 Å². The lowest BCUT2D eigenvalue weighted by molar-refractivity contribution is -0.385. The van der Waals surface area contributed by atoms with E-state index in [-0.39, 0.29) is 11.6 Å². The van der Waals surface area contributed by atoms with Crippen molar-refractivity contribution in [3.05, 3.63) is 74.8 Å². The van der Waals surface area contributed by atoms with Gasteiger partial charge in [-0.2, -0.15) is 0 Å². The van der Waals surface area contributed by atoms with Gasteiger partial charge in [-0.1, -0.05) is 41.9 Å². The van der Waals surface area contributed by atoms with Crippen LogP contribution >= 0.6 is 11.6 Å². The summed E-state index contributed by atoms with van der Waals surface area (Å²) in [6.45, 7) is 2.72. The van der Waals surface area contributed by atoms with E-state index in [0.29, 0.717) is 30.1 Å². The Morgan fingerprint density at radius 1 is 1.25 bits per heavy atom. The number of hydrogen-bond acceptors (Lipinski definition) is 4. The molecule has 0 amide bonds. The number of halogens is 1. The van der Waals surface area contributed by atoms with Crippen molar-refractivity contribution in [3.63, 3.8) is 0 Å². The highest BCUT2D eigenvalue weighted by atomic mass is 35.5. The standard InChI is InChI=1S/C18H21ClN2O3/c1-13(22)9-15(14-5-3-2-4-6-14)11-20-12-16-10-17(19)7-8-18(16)21(23)24/h2-8,10,13,15,20,22H,9,11-12H2,1H3. The summed E-state index contributed by atoms with van der Waals surface area (Å²) in [5, 5.41) is 24.5. The molecule has 0 saturated heterocycles. The van der Waals surface area contributed by atoms with Gasteiger partial charge in [-0.15, -0.1) is 0 Å². The van der Waals surface area contributed by atoms with E-state index in [2.05, 4.69) is 5.32 Å². The minimum atomic E-state index is -0.419. The minimum absolute atomic E-state index is 0.0543. The molecule has 2 aromatic rings. The SMILES string of the molecule is CC(O)CC(CNCc1cc(Cl)ccc1[N+](=O)[O-])c1ccccc1. The molecule has 24 heavy (non-hydrogen) atoms. The first-order valence-corrected chi connectivity index (χ1v) is 8.21. The molecule has 6 heteroatoms. The second-order valence-corrected chi connectivity index (χ2v) is 6.29. The van der Waals surface area contributed by atoms with E-state index in [9.17, 15) is 15.2 Å². The van der Waals surface area contributed by atoms with E-state index in [0.717, 1.165) is 5.56 Å². The van der Waals surface area contributed by atoms with Gasteiger partial charge in [0.15, 0.2) is 0 Å². The fourth-order valence-corrected chi connectivity index (χ4v) is 2.92. The highest BCUT2D eigenvalue weighted by molar-refractivity contribution is 6.30. The number of aliphatic hydroxyl groups is 1. The molecule has 0 aromatic heterocycles. The third-order valence-corrected chi connectivity index (χ3v) is 4.08. The third-order valence-electron chi connectivity index (χ3n) is 3.84. The van der Waals surface area contributed by atoms with Crippen molar-refractivity contribution in [1.29, 1.82) is 0 Å². The molecule has 2 aromatic carbocycles. The Bertz CT molecular complexity index is 677. The van der Waals surface area contributed by atoms with Crippen molar-refractivity contribution in [3.8, 4) is 0 Å². The maximum atomic E-state index is 11.1. The van der Waals surface area contributed by atoms with E-state index in [1.165, 1.54) is 12.1 Å². The summed E-state index contributed by atoms with van der Waals surface area (Å²) in [7, 11) is 0. The number of nitro benzene ring substituents is 1. The number of hydrogen-bond donors (Lipinski definition) is 2. The Balaban J connectivity index is 2.05. The monoisotopic (exact) mass is 348 g/mol. The molecule has 128 valence electrons. The van der Waals surface area contributed by atoms with Crippen LogP contribution in [0, 0.1) is 10.1 Å². The second kappa shape index (κ2) is 8.78. The topological polar surface area (TPSA) is 75.4 Å². The summed E-state index contributed by atoms with van der Waals surface area (Å²) in [6.07, 6.45) is 0.201. The Labute approximate surface area is 146 Å². The summed E-state index contributed by atoms with van der Waals surface area (Å²) in [6, 6.07) is 14.5. The fraction of sp³-hybridized carbons (Fsp3) is 0.333. The van der Waals surface area contributed by atoms with Crippen LogP contribution in [0.2, 0.25) is 5.02 Å². The van der Waals surface area contributed by atoms with Crippen LogP contribution in [0.1, 0.15) is 30.4 Å². The van der Waals surface area contributed by atoms with E-state index < -0.39 is 11.0 Å². The van der Waals surface area contributed by atoms with Crippen molar-refractivity contribution in [2.45, 2.75) is 31.9 Å². The molecule has 2 N–H and O–H groups in total. The summed E-state index contributed by atoms with van der Waals surface area (Å²) in [5.74, 6) is 0.129. The molecule has 0 aliphatic rings. The summed E-state index contributed by atoms with van der Waals surface area (Å²) < 4.78 is 0. The van der Waals surface area contributed by atoms with Crippen LogP contribution in [-0.2, 0) is 6.54 Å². The van der Waals surface area contributed by atoms with Crippen molar-refractivity contribution < 1.29 is 10.0 Å². The lowest BCUT2D eigenvalue weighted by atomic mass is 9.93. The largest absolute Gasteiger partial charge is 0.393 e. The highest BCUT2D eigenvalue weighted by Crippen LogP contribution is 2.24. The molecule has 2 rings (SSSR count). The van der Waals surface area contributed by atoms with Gasteiger partial charge in [0, 0.05) is 29.7 Å². The average molecular weight is 349 g/mol. The van der Waals surface area contributed by atoms with Gasteiger partial charge < -0.3 is 10.4 Å². The summed E-state index contributed by atoms with van der Waals surface area (Å²) >= 11 is 5.94. The first kappa shape index (κ1) is 18.4. The van der Waals surface area contributed by atoms with E-state index in [1.54, 1.807) is 13.0 Å². The number of aliphatic hydroxyl groups excluding tert-OH is 1. The molecule has 2 atom stereocenters. The summed E-state index contributed by atoms with van der Waals surface area (Å²) in [5.41, 5.74) is 1.74. The predicted octanol–water partition coefficient (Wildman–Crippen LogP) is 3.89. The van der Waals surface area contributed by atoms with Crippen LogP contribution < -0.4 is 5.32 Å². The molecule has 5 nitrogen and oxygen atoms in total. The lowest BCUT2D eigenvalue weighted by Crippen LogP contribution is -2.24. The van der Waals surface area contributed by atoms with Gasteiger partial charge in [0.05, 0.1) is 11.0 Å². The first-order valence-electron chi connectivity index (χ1n) is 7.84. The Hall–Kier alpha value is -1.95. The molecule has 0 radical (unpaired) electrons. The Kier molecular flexibility index (Phi) is 6.73. The van der Waals surface area contributed by atoms with Crippen molar-refractivity contribution in [2.75, 3.05) is 6.54 Å². The zero-order valence-electron chi connectivity index (χ0n) is 13.5. The number of nitrogens with zero attached hydrogens (tertiary/aromatic N) is 1. The third kappa shape index (κ3) is 5.30. The van der Waals surface area contributed by atoms with Gasteiger partial charge in [-0.3, -0.25) is 10.1 Å². The van der Waals surface area contributed by atoms with E-state index >= 15 is 0 Å². The number of nitro groups is 1. The zero-order valence-corrected chi connectivity index (χ0v) is 14.2. The van der Waals surface area contributed by atoms with Gasteiger partial charge in [0.25, 0.3) is 5.69 Å². The smallest absolute Gasteiger partial charge is 0.273 e. The molecular weight excluding hydrogens is 328 g/mol. The first-order chi connectivity index (χ1) is 11.5. The van der Waals surface area contributed by atoms with Crippen LogP contribution in [0.15, 0.2) is 48.5 Å². The Morgan fingerprint density at radius 3 is 2.58 bits per heavy atom. The van der Waals surface area contributed by atoms with Crippen LogP contribution in [0.25, 0.3) is 0 Å². The fourth-order valence-electron chi connectivity index (χ4n) is 2.73. The van der Waals surface area contributed by atoms with Crippen molar-refractivity contribution in [2.24, 2.45) is 0 Å². The molecule has 0 spiro atoms. The van der Waals surface area contributed by atoms with Gasteiger partial charge in [0.2, 0.25) is 0 Å². The van der Waals surface area contributed by atoms with E-state index in [1.807, 2.05) is 30.3 Å². The quantitative estimate of drug-likeness (QED) is 0.560. The minimum Gasteiger partial charge on any atom is -0.393 e. The van der Waals surface area contributed by atoms with Gasteiger partial charge in [-0.05, 0) is 37.0 Å². The normalized spacial score (nSPS) is 13.5. The van der Waals surface area contributed by atoms with Crippen molar-refractivity contribution >= 4 is 17.3 Å². The van der Waals surface area contributed by atoms with Crippen LogP contribution in [0.4, 0.5) is 5.69 Å². The molecule has 0 bridgehead atoms. The molecule has 0 fully saturated rings. The molecule has 2 unspecified atom stereocenters. The number of rotatable bonds is 8. The predicted molar refractivity (Wildman–Crippen MR) is 95.3 cm³/mol. The maximum absolute atomic E-state index is 11.1. The molecule has 0 aliphatic heterocycles. The van der Waals surface area contributed by atoms with Crippen LogP contribution in [0.3, 0.4) is 0 Å². The lowest BCUT2D eigenvalue weighted by Gasteiger charge is -2.19. The summed E-state index contributed by atoms with van der Waals surface area (Å²) in [4.78, 5) is 10.7. The van der Waals surface area contributed by atoms with Crippen molar-refractivity contribution in [1.82, 2.24) is 5.32 Å². The highest BCUT2D eigenvalue weighted by Gasteiger charge is 2.16. The average Bonchev–Trinajstić information content (AvgIpc) is 2.54. The van der Waals surface area contributed by atoms with Gasteiger partial charge >= 0.3 is 0 Å². The van der Waals surface area contributed by atoms with E-state index in [4.69, 9.17) is 11.6 Å². The number of nitrogens with one attached hydrogen (secondary N) is 1. The molecule has 0 saturated carbocycles. The molecule has 0 aliphatic carbocycles. The maximum Gasteiger partial charge on any atom is 0.273 e. The Morgan fingerprint density at radius 2 is 1.96 bits per heavy atom. The van der Waals surface area contributed by atoms with Crippen LogP contribution in [0.5, 0.6) is 0 Å². The molecular formula is C18H21ClN2O3. The second-order valence-electron chi connectivity index (χ2n) is 5.85. The molecule has 0 heterocycles.